The van der Waals surface area contributed by atoms with E-state index in [1.165, 1.54) is 5.39 Å². The van der Waals surface area contributed by atoms with Crippen molar-refractivity contribution in [1.82, 2.24) is 20.4 Å². The number of amides is 1. The summed E-state index contributed by atoms with van der Waals surface area (Å²) in [4.78, 5) is 12.0. The number of ether oxygens (including phenoxy) is 1. The van der Waals surface area contributed by atoms with Gasteiger partial charge in [0.15, 0.2) is 0 Å². The van der Waals surface area contributed by atoms with E-state index in [1.807, 2.05) is 41.1 Å². The average Bonchev–Trinajstić information content (AvgIpc) is 3.14. The van der Waals surface area contributed by atoms with Gasteiger partial charge in [-0.2, -0.15) is 5.10 Å². The van der Waals surface area contributed by atoms with E-state index in [9.17, 15) is 4.79 Å². The van der Waals surface area contributed by atoms with Crippen molar-refractivity contribution in [2.24, 2.45) is 0 Å². The number of hydrogen-bond acceptors (Lipinski definition) is 4. The lowest BCUT2D eigenvalue weighted by Crippen LogP contribution is -2.28. The Kier molecular flexibility index (Phi) is 6.46. The highest BCUT2D eigenvalue weighted by molar-refractivity contribution is 9.10. The van der Waals surface area contributed by atoms with Crippen LogP contribution in [0.2, 0.25) is 0 Å². The molecule has 2 aromatic carbocycles. The van der Waals surface area contributed by atoms with E-state index in [-0.39, 0.29) is 6.61 Å². The maximum Gasteiger partial charge on any atom is 0.407 e. The van der Waals surface area contributed by atoms with Gasteiger partial charge in [0, 0.05) is 22.3 Å². The molecule has 2 heterocycles. The molecule has 1 aromatic heterocycles. The highest BCUT2D eigenvalue weighted by Gasteiger charge is 2.23. The second-order valence-corrected chi connectivity index (χ2v) is 8.11. The molecule has 1 amide bonds. The van der Waals surface area contributed by atoms with Crippen molar-refractivity contribution in [3.63, 3.8) is 0 Å². The van der Waals surface area contributed by atoms with Crippen LogP contribution in [0.15, 0.2) is 53.0 Å². The van der Waals surface area contributed by atoms with E-state index in [0.717, 1.165) is 47.2 Å². The van der Waals surface area contributed by atoms with E-state index < -0.39 is 6.09 Å². The van der Waals surface area contributed by atoms with Gasteiger partial charge in [0.1, 0.15) is 6.61 Å². The molecule has 6 nitrogen and oxygen atoms in total. The van der Waals surface area contributed by atoms with Crippen molar-refractivity contribution in [2.45, 2.75) is 31.9 Å². The van der Waals surface area contributed by atoms with Crippen molar-refractivity contribution in [3.8, 4) is 0 Å². The Hall–Kier alpha value is -2.38. The van der Waals surface area contributed by atoms with Crippen LogP contribution in [0, 0.1) is 0 Å². The second kappa shape index (κ2) is 9.41. The highest BCUT2D eigenvalue weighted by atomic mass is 79.9. The molecule has 2 N–H and O–H groups in total. The van der Waals surface area contributed by atoms with Crippen molar-refractivity contribution in [3.05, 3.63) is 64.3 Å². The molecule has 1 fully saturated rings. The van der Waals surface area contributed by atoms with Crippen LogP contribution < -0.4 is 10.6 Å². The van der Waals surface area contributed by atoms with Crippen molar-refractivity contribution in [2.75, 3.05) is 19.6 Å². The summed E-state index contributed by atoms with van der Waals surface area (Å²) in [5.74, 6) is 0.461. The molecule has 3 aromatic rings. The lowest BCUT2D eigenvalue weighted by molar-refractivity contribution is 0.139. The van der Waals surface area contributed by atoms with Gasteiger partial charge in [0.05, 0.1) is 17.8 Å². The molecule has 0 saturated carbocycles. The highest BCUT2D eigenvalue weighted by Crippen LogP contribution is 2.34. The first-order valence-corrected chi connectivity index (χ1v) is 10.8. The summed E-state index contributed by atoms with van der Waals surface area (Å²) in [7, 11) is 0. The lowest BCUT2D eigenvalue weighted by atomic mass is 9.93. The molecule has 1 saturated heterocycles. The summed E-state index contributed by atoms with van der Waals surface area (Å²) < 4.78 is 8.35. The lowest BCUT2D eigenvalue weighted by Gasteiger charge is -2.21. The van der Waals surface area contributed by atoms with E-state index in [4.69, 9.17) is 9.84 Å². The smallest absolute Gasteiger partial charge is 0.407 e. The fraction of sp³-hybridized carbons (Fsp3) is 0.364. The normalized spacial score (nSPS) is 14.8. The minimum Gasteiger partial charge on any atom is -0.445 e. The molecule has 4 rings (SSSR count). The molecular weight excluding hydrogens is 432 g/mol. The SMILES string of the molecule is O=C(NCCn1nc(C2CCNCC2)c2c(Br)cccc21)OCc1ccccc1. The van der Waals surface area contributed by atoms with Gasteiger partial charge < -0.3 is 15.4 Å². The molecule has 0 spiro atoms. The first-order chi connectivity index (χ1) is 14.2. The number of fused-ring (bicyclic) bond motifs is 1. The van der Waals surface area contributed by atoms with Crippen molar-refractivity contribution < 1.29 is 9.53 Å². The molecule has 0 unspecified atom stereocenters. The number of hydrogen-bond donors (Lipinski definition) is 2. The van der Waals surface area contributed by atoms with Crippen LogP contribution in [0.3, 0.4) is 0 Å². The van der Waals surface area contributed by atoms with E-state index in [0.29, 0.717) is 19.0 Å². The standard InChI is InChI=1S/C22H25BrN4O2/c23-18-7-4-8-19-20(18)21(17-9-11-24-12-10-17)26-27(19)14-13-25-22(28)29-15-16-5-2-1-3-6-16/h1-8,17,24H,9-15H2,(H,25,28). The van der Waals surface area contributed by atoms with Crippen LogP contribution in [0.5, 0.6) is 0 Å². The van der Waals surface area contributed by atoms with Gasteiger partial charge in [-0.3, -0.25) is 4.68 Å². The Morgan fingerprint density at radius 3 is 2.76 bits per heavy atom. The molecule has 0 radical (unpaired) electrons. The molecule has 29 heavy (non-hydrogen) atoms. The number of carbonyl (C=O) groups is 1. The Morgan fingerprint density at radius 1 is 1.17 bits per heavy atom. The van der Waals surface area contributed by atoms with Crippen LogP contribution >= 0.6 is 15.9 Å². The topological polar surface area (TPSA) is 68.2 Å². The third-order valence-corrected chi connectivity index (χ3v) is 5.95. The third-order valence-electron chi connectivity index (χ3n) is 5.29. The minimum atomic E-state index is -0.412. The van der Waals surface area contributed by atoms with E-state index >= 15 is 0 Å². The number of piperidine rings is 1. The predicted molar refractivity (Wildman–Crippen MR) is 117 cm³/mol. The monoisotopic (exact) mass is 456 g/mol. The van der Waals surface area contributed by atoms with Crippen LogP contribution in [0.1, 0.15) is 30.0 Å². The Morgan fingerprint density at radius 2 is 1.97 bits per heavy atom. The van der Waals surface area contributed by atoms with Crippen LogP contribution in [-0.4, -0.2) is 35.5 Å². The largest absolute Gasteiger partial charge is 0.445 e. The number of carbonyl (C=O) groups excluding carboxylic acids is 1. The van der Waals surface area contributed by atoms with Crippen LogP contribution in [0.25, 0.3) is 10.9 Å². The van der Waals surface area contributed by atoms with Gasteiger partial charge in [-0.05, 0) is 43.6 Å². The summed E-state index contributed by atoms with van der Waals surface area (Å²) >= 11 is 3.70. The summed E-state index contributed by atoms with van der Waals surface area (Å²) in [5, 5.41) is 12.4. The Bertz CT molecular complexity index is 968. The molecule has 0 atom stereocenters. The van der Waals surface area contributed by atoms with Crippen molar-refractivity contribution >= 4 is 32.9 Å². The molecule has 0 bridgehead atoms. The minimum absolute atomic E-state index is 0.268. The molecular formula is C22H25BrN4O2. The predicted octanol–water partition coefficient (Wildman–Crippen LogP) is 4.19. The summed E-state index contributed by atoms with van der Waals surface area (Å²) in [6.07, 6.45) is 1.78. The maximum absolute atomic E-state index is 12.0. The third kappa shape index (κ3) is 4.79. The quantitative estimate of drug-likeness (QED) is 0.583. The van der Waals surface area contributed by atoms with Gasteiger partial charge in [-0.15, -0.1) is 0 Å². The molecule has 1 aliphatic rings. The van der Waals surface area contributed by atoms with Gasteiger partial charge in [0.2, 0.25) is 0 Å². The Balaban J connectivity index is 1.40. The fourth-order valence-electron chi connectivity index (χ4n) is 3.80. The summed E-state index contributed by atoms with van der Waals surface area (Å²) in [6, 6.07) is 15.8. The molecule has 7 heteroatoms. The zero-order valence-electron chi connectivity index (χ0n) is 16.2. The molecule has 1 aliphatic heterocycles. The summed E-state index contributed by atoms with van der Waals surface area (Å²) in [6.45, 7) is 3.38. The molecule has 152 valence electrons. The number of alkyl carbamates (subject to hydrolysis) is 1. The number of nitrogens with zero attached hydrogens (tertiary/aromatic N) is 2. The summed E-state index contributed by atoms with van der Waals surface area (Å²) in [5.41, 5.74) is 3.21. The number of aromatic nitrogens is 2. The Labute approximate surface area is 178 Å². The zero-order chi connectivity index (χ0) is 20.1. The fourth-order valence-corrected chi connectivity index (χ4v) is 4.36. The number of rotatable bonds is 6. The molecule has 0 aliphatic carbocycles. The van der Waals surface area contributed by atoms with Gasteiger partial charge in [-0.1, -0.05) is 52.3 Å². The maximum atomic E-state index is 12.0. The van der Waals surface area contributed by atoms with Crippen molar-refractivity contribution in [1.29, 1.82) is 0 Å². The number of halogens is 1. The van der Waals surface area contributed by atoms with Gasteiger partial charge in [0.25, 0.3) is 0 Å². The first kappa shape index (κ1) is 19.9. The number of nitrogens with one attached hydrogen (secondary N) is 2. The van der Waals surface area contributed by atoms with E-state index in [2.05, 4.69) is 38.7 Å². The van der Waals surface area contributed by atoms with E-state index in [1.54, 1.807) is 0 Å². The van der Waals surface area contributed by atoms with Crippen LogP contribution in [-0.2, 0) is 17.9 Å². The number of benzene rings is 2. The zero-order valence-corrected chi connectivity index (χ0v) is 17.8. The average molecular weight is 457 g/mol. The second-order valence-electron chi connectivity index (χ2n) is 7.26. The van der Waals surface area contributed by atoms with Gasteiger partial charge in [-0.25, -0.2) is 4.79 Å². The van der Waals surface area contributed by atoms with Crippen LogP contribution in [0.4, 0.5) is 4.79 Å². The first-order valence-electron chi connectivity index (χ1n) is 10.0. The van der Waals surface area contributed by atoms with Gasteiger partial charge >= 0.3 is 6.09 Å².